The molecule has 66 valence electrons. The van der Waals surface area contributed by atoms with Crippen LogP contribution in [0.15, 0.2) is 0 Å². The number of carbonyl (C=O) groups is 1. The molecule has 0 aromatic rings. The van der Waals surface area contributed by atoms with Crippen molar-refractivity contribution >= 4 is 5.78 Å². The van der Waals surface area contributed by atoms with Crippen molar-refractivity contribution in [1.82, 2.24) is 0 Å². The van der Waals surface area contributed by atoms with Crippen LogP contribution in [0.3, 0.4) is 0 Å². The molecule has 12 heavy (non-hydrogen) atoms. The molecule has 4 aliphatic rings. The van der Waals surface area contributed by atoms with Crippen LogP contribution in [0.1, 0.15) is 38.5 Å². The molecular formula is C11H16O. The highest BCUT2D eigenvalue weighted by Gasteiger charge is 2.47. The monoisotopic (exact) mass is 164 g/mol. The Bertz CT molecular complexity index is 215. The zero-order valence-electron chi connectivity index (χ0n) is 7.46. The van der Waals surface area contributed by atoms with Crippen LogP contribution in [0.4, 0.5) is 0 Å². The zero-order chi connectivity index (χ0) is 8.13. The fourth-order valence-electron chi connectivity index (χ4n) is 3.69. The molecule has 0 aliphatic heterocycles. The highest BCUT2D eigenvalue weighted by Crippen LogP contribution is 2.55. The van der Waals surface area contributed by atoms with Gasteiger partial charge in [-0.05, 0) is 49.4 Å². The summed E-state index contributed by atoms with van der Waals surface area (Å²) in [5.74, 6) is 4.32. The predicted octanol–water partition coefficient (Wildman–Crippen LogP) is 2.40. The molecule has 0 spiro atoms. The fraction of sp³-hybridized carbons (Fsp3) is 0.909. The highest BCUT2D eigenvalue weighted by atomic mass is 16.1. The van der Waals surface area contributed by atoms with E-state index in [0.717, 1.165) is 36.5 Å². The first-order chi connectivity index (χ1) is 5.83. The molecule has 0 aromatic carbocycles. The largest absolute Gasteiger partial charge is 0.300 e. The van der Waals surface area contributed by atoms with E-state index in [9.17, 15) is 4.79 Å². The quantitative estimate of drug-likeness (QED) is 0.537. The number of carbonyl (C=O) groups excluding carboxylic acids is 1. The molecule has 4 fully saturated rings. The van der Waals surface area contributed by atoms with Crippen LogP contribution in [-0.2, 0) is 4.79 Å². The third-order valence-electron chi connectivity index (χ3n) is 4.38. The van der Waals surface area contributed by atoms with Gasteiger partial charge in [-0.15, -0.1) is 0 Å². The summed E-state index contributed by atoms with van der Waals surface area (Å²) >= 11 is 0. The van der Waals surface area contributed by atoms with Gasteiger partial charge in [-0.2, -0.15) is 0 Å². The van der Waals surface area contributed by atoms with E-state index < -0.39 is 0 Å². The van der Waals surface area contributed by atoms with Crippen molar-refractivity contribution in [2.45, 2.75) is 38.5 Å². The predicted molar refractivity (Wildman–Crippen MR) is 46.7 cm³/mol. The van der Waals surface area contributed by atoms with Gasteiger partial charge in [-0.1, -0.05) is 0 Å². The van der Waals surface area contributed by atoms with E-state index in [1.807, 2.05) is 0 Å². The van der Waals surface area contributed by atoms with E-state index in [0.29, 0.717) is 5.78 Å². The maximum absolute atomic E-state index is 11.3. The van der Waals surface area contributed by atoms with Crippen LogP contribution in [0.25, 0.3) is 0 Å². The van der Waals surface area contributed by atoms with E-state index in [2.05, 4.69) is 0 Å². The first-order valence-electron chi connectivity index (χ1n) is 5.34. The smallest absolute Gasteiger partial charge is 0.133 e. The van der Waals surface area contributed by atoms with E-state index in [1.54, 1.807) is 0 Å². The van der Waals surface area contributed by atoms with Crippen molar-refractivity contribution in [2.75, 3.05) is 0 Å². The molecule has 1 nitrogen and oxygen atoms in total. The summed E-state index contributed by atoms with van der Waals surface area (Å²) in [5, 5.41) is 0. The van der Waals surface area contributed by atoms with Crippen LogP contribution in [0.2, 0.25) is 0 Å². The van der Waals surface area contributed by atoms with Gasteiger partial charge in [0.25, 0.3) is 0 Å². The van der Waals surface area contributed by atoms with Gasteiger partial charge < -0.3 is 0 Å². The minimum Gasteiger partial charge on any atom is -0.300 e. The number of hydrogen-bond acceptors (Lipinski definition) is 1. The van der Waals surface area contributed by atoms with Crippen molar-refractivity contribution in [1.29, 1.82) is 0 Å². The Kier molecular flexibility index (Phi) is 1.38. The molecule has 2 bridgehead atoms. The lowest BCUT2D eigenvalue weighted by atomic mass is 9.52. The molecule has 1 heteroatoms. The Morgan fingerprint density at radius 3 is 2.67 bits per heavy atom. The summed E-state index contributed by atoms with van der Waals surface area (Å²) in [4.78, 5) is 11.3. The van der Waals surface area contributed by atoms with Gasteiger partial charge in [-0.3, -0.25) is 4.79 Å². The molecule has 0 amide bonds. The zero-order valence-corrected chi connectivity index (χ0v) is 7.46. The maximum atomic E-state index is 11.3. The first-order valence-corrected chi connectivity index (χ1v) is 5.34. The standard InChI is InChI=1S/C11H16O/c12-10-2-1-8-3-7-4-9(5-7)11(8)6-10/h7-9,11H,1-6H2/t7?,8-,9?,11+/m0/s1. The van der Waals surface area contributed by atoms with Crippen LogP contribution >= 0.6 is 0 Å². The summed E-state index contributed by atoms with van der Waals surface area (Å²) in [6.07, 6.45) is 7.40. The second-order valence-electron chi connectivity index (χ2n) is 5.04. The van der Waals surface area contributed by atoms with Gasteiger partial charge in [0.2, 0.25) is 0 Å². The van der Waals surface area contributed by atoms with Gasteiger partial charge in [0.15, 0.2) is 0 Å². The van der Waals surface area contributed by atoms with E-state index in [-0.39, 0.29) is 0 Å². The fourth-order valence-corrected chi connectivity index (χ4v) is 3.69. The van der Waals surface area contributed by atoms with Crippen molar-refractivity contribution in [3.63, 3.8) is 0 Å². The first kappa shape index (κ1) is 7.11. The van der Waals surface area contributed by atoms with E-state index in [1.165, 1.54) is 25.7 Å². The molecule has 2 atom stereocenters. The molecule has 0 heterocycles. The van der Waals surface area contributed by atoms with E-state index in [4.69, 9.17) is 0 Å². The lowest BCUT2D eigenvalue weighted by molar-refractivity contribution is -0.128. The number of ketones is 1. The van der Waals surface area contributed by atoms with Crippen molar-refractivity contribution in [2.24, 2.45) is 23.7 Å². The Morgan fingerprint density at radius 1 is 1.08 bits per heavy atom. The molecule has 0 N–H and O–H groups in total. The molecule has 0 aromatic heterocycles. The molecule has 0 unspecified atom stereocenters. The summed E-state index contributed by atoms with van der Waals surface area (Å²) in [7, 11) is 0. The molecule has 0 radical (unpaired) electrons. The Balaban J connectivity index is 1.79. The Labute approximate surface area is 73.5 Å². The number of hydrogen-bond donors (Lipinski definition) is 0. The van der Waals surface area contributed by atoms with Gasteiger partial charge in [0.05, 0.1) is 0 Å². The van der Waals surface area contributed by atoms with Crippen molar-refractivity contribution in [3.05, 3.63) is 0 Å². The van der Waals surface area contributed by atoms with Crippen LogP contribution in [0, 0.1) is 23.7 Å². The molecule has 4 aliphatic carbocycles. The summed E-state index contributed by atoms with van der Waals surface area (Å²) in [6, 6.07) is 0. The topological polar surface area (TPSA) is 17.1 Å². The third kappa shape index (κ3) is 0.884. The number of Topliss-reactive ketones (excluding diaryl/α,β-unsaturated/α-hetero) is 1. The molecular weight excluding hydrogens is 148 g/mol. The summed E-state index contributed by atoms with van der Waals surface area (Å²) in [5.41, 5.74) is 0. The molecule has 4 saturated carbocycles. The van der Waals surface area contributed by atoms with Gasteiger partial charge in [-0.25, -0.2) is 0 Å². The SMILES string of the molecule is O=C1CC[C@H]2CC3CC(C3)[C@@H]2C1. The maximum Gasteiger partial charge on any atom is 0.133 e. The second kappa shape index (κ2) is 2.34. The van der Waals surface area contributed by atoms with E-state index >= 15 is 0 Å². The third-order valence-corrected chi connectivity index (χ3v) is 4.38. The Morgan fingerprint density at radius 2 is 1.83 bits per heavy atom. The van der Waals surface area contributed by atoms with Crippen molar-refractivity contribution < 1.29 is 4.79 Å². The Hall–Kier alpha value is -0.330. The normalized spacial score (nSPS) is 51.2. The second-order valence-corrected chi connectivity index (χ2v) is 5.04. The minimum atomic E-state index is 0.543. The highest BCUT2D eigenvalue weighted by molar-refractivity contribution is 5.79. The molecule has 0 saturated heterocycles. The van der Waals surface area contributed by atoms with Gasteiger partial charge in [0.1, 0.15) is 5.78 Å². The lowest BCUT2D eigenvalue weighted by Crippen LogP contribution is -2.45. The minimum absolute atomic E-state index is 0.543. The lowest BCUT2D eigenvalue weighted by Gasteiger charge is -2.52. The summed E-state index contributed by atoms with van der Waals surface area (Å²) < 4.78 is 0. The number of rotatable bonds is 0. The average Bonchev–Trinajstić information content (AvgIpc) is 2.01. The van der Waals surface area contributed by atoms with Crippen molar-refractivity contribution in [3.8, 4) is 0 Å². The van der Waals surface area contributed by atoms with Gasteiger partial charge in [0, 0.05) is 12.8 Å². The van der Waals surface area contributed by atoms with Crippen LogP contribution < -0.4 is 0 Å². The van der Waals surface area contributed by atoms with Crippen LogP contribution in [0.5, 0.6) is 0 Å². The average molecular weight is 164 g/mol. The van der Waals surface area contributed by atoms with Gasteiger partial charge >= 0.3 is 0 Å². The molecule has 4 rings (SSSR count). The summed E-state index contributed by atoms with van der Waals surface area (Å²) in [6.45, 7) is 0. The van der Waals surface area contributed by atoms with Crippen LogP contribution in [-0.4, -0.2) is 5.78 Å².